The fraction of sp³-hybridized carbons (Fsp3) is 0.500. The lowest BCUT2D eigenvalue weighted by molar-refractivity contribution is -0.140. The molecule has 5 nitrogen and oxygen atoms in total. The average molecular weight is 428 g/mol. The average Bonchev–Trinajstić information content (AvgIpc) is 3.20. The molecule has 1 heterocycles. The van der Waals surface area contributed by atoms with Crippen LogP contribution in [0.25, 0.3) is 0 Å². The second-order valence-corrected chi connectivity index (χ2v) is 9.31. The first-order valence-electron chi connectivity index (χ1n) is 8.46. The van der Waals surface area contributed by atoms with Gasteiger partial charge in [0.05, 0.1) is 12.0 Å². The fourth-order valence-electron chi connectivity index (χ4n) is 3.85. The van der Waals surface area contributed by atoms with Crippen molar-refractivity contribution in [3.63, 3.8) is 0 Å². The van der Waals surface area contributed by atoms with Crippen molar-refractivity contribution in [3.05, 3.63) is 40.9 Å². The summed E-state index contributed by atoms with van der Waals surface area (Å²) < 4.78 is 33.4. The molecule has 3 rings (SSSR count). The summed E-state index contributed by atoms with van der Waals surface area (Å²) in [5, 5.41) is 0. The van der Waals surface area contributed by atoms with Crippen molar-refractivity contribution in [2.24, 2.45) is 5.92 Å². The summed E-state index contributed by atoms with van der Waals surface area (Å²) in [6, 6.07) is 6.75. The normalized spacial score (nSPS) is 26.4. The third-order valence-corrected chi connectivity index (χ3v) is 7.54. The lowest BCUT2D eigenvalue weighted by atomic mass is 9.99. The SMILES string of the molecule is COC(=O)CC/C=C/[C@H]1[C@@H]2CC[C@@H](C2)N1S(=O)(=O)c1ccc(Br)cc1. The van der Waals surface area contributed by atoms with Gasteiger partial charge in [0.25, 0.3) is 0 Å². The van der Waals surface area contributed by atoms with Crippen LogP contribution < -0.4 is 0 Å². The van der Waals surface area contributed by atoms with Crippen molar-refractivity contribution in [2.75, 3.05) is 7.11 Å². The Balaban J connectivity index is 1.79. The Morgan fingerprint density at radius 1 is 1.32 bits per heavy atom. The zero-order valence-corrected chi connectivity index (χ0v) is 16.5. The van der Waals surface area contributed by atoms with Gasteiger partial charge in [0.1, 0.15) is 0 Å². The first kappa shape index (κ1) is 18.6. The summed E-state index contributed by atoms with van der Waals surface area (Å²) in [6.07, 6.45) is 7.65. The van der Waals surface area contributed by atoms with Crippen LogP contribution in [-0.2, 0) is 19.6 Å². The third-order valence-electron chi connectivity index (χ3n) is 5.05. The molecule has 0 amide bonds. The van der Waals surface area contributed by atoms with Crippen LogP contribution in [0.4, 0.5) is 0 Å². The van der Waals surface area contributed by atoms with Gasteiger partial charge >= 0.3 is 5.97 Å². The summed E-state index contributed by atoms with van der Waals surface area (Å²) in [7, 11) is -2.15. The monoisotopic (exact) mass is 427 g/mol. The number of esters is 1. The maximum absolute atomic E-state index is 13.1. The predicted molar refractivity (Wildman–Crippen MR) is 98.5 cm³/mol. The Morgan fingerprint density at radius 3 is 2.72 bits per heavy atom. The molecule has 1 aromatic rings. The molecule has 0 spiro atoms. The van der Waals surface area contributed by atoms with Gasteiger partial charge in [0, 0.05) is 23.0 Å². The van der Waals surface area contributed by atoms with E-state index in [0.717, 1.165) is 23.7 Å². The minimum Gasteiger partial charge on any atom is -0.469 e. The van der Waals surface area contributed by atoms with E-state index in [-0.39, 0.29) is 18.1 Å². The highest BCUT2D eigenvalue weighted by Crippen LogP contribution is 2.45. The van der Waals surface area contributed by atoms with Gasteiger partial charge in [-0.2, -0.15) is 4.31 Å². The molecule has 2 bridgehead atoms. The van der Waals surface area contributed by atoms with Gasteiger partial charge in [-0.25, -0.2) is 8.42 Å². The van der Waals surface area contributed by atoms with Gasteiger partial charge < -0.3 is 4.74 Å². The molecule has 7 heteroatoms. The number of fused-ring (bicyclic) bond motifs is 2. The molecule has 25 heavy (non-hydrogen) atoms. The van der Waals surface area contributed by atoms with Gasteiger partial charge in [-0.1, -0.05) is 28.1 Å². The molecule has 2 fully saturated rings. The number of hydrogen-bond acceptors (Lipinski definition) is 4. The molecule has 136 valence electrons. The zero-order valence-electron chi connectivity index (χ0n) is 14.1. The Hall–Kier alpha value is -1.18. The quantitative estimate of drug-likeness (QED) is 0.514. The largest absolute Gasteiger partial charge is 0.469 e. The van der Waals surface area contributed by atoms with Crippen molar-refractivity contribution in [2.45, 2.75) is 49.1 Å². The van der Waals surface area contributed by atoms with Crippen molar-refractivity contribution < 1.29 is 17.9 Å². The zero-order chi connectivity index (χ0) is 18.0. The second kappa shape index (κ2) is 7.60. The molecule has 1 aliphatic carbocycles. The van der Waals surface area contributed by atoms with Gasteiger partial charge in [0.15, 0.2) is 0 Å². The topological polar surface area (TPSA) is 63.7 Å². The standard InChI is InChI=1S/C18H22BrNO4S/c1-24-18(21)5-3-2-4-17-13-6-9-15(12-13)20(17)25(22,23)16-10-7-14(19)8-11-16/h2,4,7-8,10-11,13,15,17H,3,5-6,9,12H2,1H3/b4-2+/t13-,15+,17+/m1/s1. The number of carbonyl (C=O) groups is 1. The highest BCUT2D eigenvalue weighted by molar-refractivity contribution is 9.10. The molecule has 0 unspecified atom stereocenters. The van der Waals surface area contributed by atoms with E-state index in [9.17, 15) is 13.2 Å². The van der Waals surface area contributed by atoms with E-state index in [1.807, 2.05) is 12.2 Å². The molecule has 0 N–H and O–H groups in total. The number of hydrogen-bond donors (Lipinski definition) is 0. The van der Waals surface area contributed by atoms with E-state index in [2.05, 4.69) is 20.7 Å². The van der Waals surface area contributed by atoms with E-state index >= 15 is 0 Å². The summed E-state index contributed by atoms with van der Waals surface area (Å²) >= 11 is 3.34. The number of carbonyl (C=O) groups excluding carboxylic acids is 1. The van der Waals surface area contributed by atoms with Crippen LogP contribution in [-0.4, -0.2) is 37.9 Å². The molecule has 1 aromatic carbocycles. The van der Waals surface area contributed by atoms with Crippen molar-refractivity contribution in [3.8, 4) is 0 Å². The Labute approximate surface area is 157 Å². The number of allylic oxidation sites excluding steroid dienone is 1. The fourth-order valence-corrected chi connectivity index (χ4v) is 5.98. The maximum Gasteiger partial charge on any atom is 0.305 e. The van der Waals surface area contributed by atoms with Crippen LogP contribution in [0.1, 0.15) is 32.1 Å². The Morgan fingerprint density at radius 2 is 2.04 bits per heavy atom. The van der Waals surface area contributed by atoms with E-state index in [4.69, 9.17) is 0 Å². The van der Waals surface area contributed by atoms with Crippen LogP contribution in [0.5, 0.6) is 0 Å². The van der Waals surface area contributed by atoms with Crippen LogP contribution in [0.15, 0.2) is 45.8 Å². The van der Waals surface area contributed by atoms with E-state index < -0.39 is 10.0 Å². The van der Waals surface area contributed by atoms with Crippen molar-refractivity contribution in [1.82, 2.24) is 4.31 Å². The van der Waals surface area contributed by atoms with E-state index in [1.165, 1.54) is 7.11 Å². The number of benzene rings is 1. The lowest BCUT2D eigenvalue weighted by Crippen LogP contribution is -2.43. The number of sulfonamides is 1. The molecule has 1 aliphatic heterocycles. The first-order chi connectivity index (χ1) is 11.9. The third kappa shape index (κ3) is 3.83. The van der Waals surface area contributed by atoms with Crippen LogP contribution in [0, 0.1) is 5.92 Å². The molecule has 1 saturated carbocycles. The predicted octanol–water partition coefficient (Wildman–Crippen LogP) is 3.50. The second-order valence-electron chi connectivity index (χ2n) is 6.55. The first-order valence-corrected chi connectivity index (χ1v) is 10.7. The highest BCUT2D eigenvalue weighted by Gasteiger charge is 2.50. The number of halogens is 1. The van der Waals surface area contributed by atoms with E-state index in [0.29, 0.717) is 23.7 Å². The van der Waals surface area contributed by atoms with Gasteiger partial charge in [-0.3, -0.25) is 4.79 Å². The van der Waals surface area contributed by atoms with Gasteiger partial charge in [-0.15, -0.1) is 0 Å². The summed E-state index contributed by atoms with van der Waals surface area (Å²) in [4.78, 5) is 11.5. The summed E-state index contributed by atoms with van der Waals surface area (Å²) in [5.41, 5.74) is 0. The lowest BCUT2D eigenvalue weighted by Gasteiger charge is -2.32. The van der Waals surface area contributed by atoms with Crippen LogP contribution in [0.2, 0.25) is 0 Å². The van der Waals surface area contributed by atoms with Gasteiger partial charge in [-0.05, 0) is 55.9 Å². The number of piperidine rings is 1. The van der Waals surface area contributed by atoms with Crippen molar-refractivity contribution in [1.29, 1.82) is 0 Å². The Bertz CT molecular complexity index is 760. The minimum atomic E-state index is -3.52. The highest BCUT2D eigenvalue weighted by atomic mass is 79.9. The van der Waals surface area contributed by atoms with Crippen LogP contribution >= 0.6 is 15.9 Å². The number of ether oxygens (including phenoxy) is 1. The van der Waals surface area contributed by atoms with Crippen LogP contribution in [0.3, 0.4) is 0 Å². The smallest absolute Gasteiger partial charge is 0.305 e. The van der Waals surface area contributed by atoms with Gasteiger partial charge in [0.2, 0.25) is 10.0 Å². The molecule has 0 radical (unpaired) electrons. The van der Waals surface area contributed by atoms with E-state index in [1.54, 1.807) is 28.6 Å². The molecule has 1 saturated heterocycles. The number of nitrogens with zero attached hydrogens (tertiary/aromatic N) is 1. The Kier molecular flexibility index (Phi) is 5.65. The number of methoxy groups -OCH3 is 1. The molecule has 3 atom stereocenters. The number of rotatable bonds is 6. The maximum atomic E-state index is 13.1. The molecular weight excluding hydrogens is 406 g/mol. The molecule has 2 aliphatic rings. The minimum absolute atomic E-state index is 0.0777. The summed E-state index contributed by atoms with van der Waals surface area (Å²) in [6.45, 7) is 0. The van der Waals surface area contributed by atoms with Crippen molar-refractivity contribution >= 4 is 31.9 Å². The molecule has 0 aromatic heterocycles. The summed E-state index contributed by atoms with van der Waals surface area (Å²) in [5.74, 6) is 0.113. The molecular formula is C18H22BrNO4S.